The molecule has 146 valence electrons. The van der Waals surface area contributed by atoms with Gasteiger partial charge in [-0.15, -0.1) is 0 Å². The van der Waals surface area contributed by atoms with Crippen molar-refractivity contribution in [1.29, 1.82) is 0 Å². The summed E-state index contributed by atoms with van der Waals surface area (Å²) < 4.78 is 16.2. The van der Waals surface area contributed by atoms with Gasteiger partial charge in [-0.1, -0.05) is 0 Å². The summed E-state index contributed by atoms with van der Waals surface area (Å²) in [5.74, 6) is 1.43. The monoisotopic (exact) mass is 399 g/mol. The number of ether oxygens (including phenoxy) is 3. The minimum absolute atomic E-state index is 0.105. The molecule has 3 rings (SSSR count). The van der Waals surface area contributed by atoms with Gasteiger partial charge in [-0.05, 0) is 49.0 Å². The number of hydrogen-bond acceptors (Lipinski definition) is 7. The van der Waals surface area contributed by atoms with Crippen molar-refractivity contribution in [1.82, 2.24) is 9.88 Å². The average molecular weight is 399 g/mol. The van der Waals surface area contributed by atoms with E-state index in [1.807, 2.05) is 25.1 Å². The lowest BCUT2D eigenvalue weighted by Gasteiger charge is -2.14. The number of benzene rings is 1. The highest BCUT2D eigenvalue weighted by Gasteiger charge is 2.32. The Morgan fingerprint density at radius 2 is 1.93 bits per heavy atom. The van der Waals surface area contributed by atoms with Crippen molar-refractivity contribution in [2.75, 3.05) is 27.9 Å². The second kappa shape index (κ2) is 8.79. The normalized spacial score (nSPS) is 16.7. The number of aliphatic imine (C=N–C) groups is 1. The van der Waals surface area contributed by atoms with E-state index in [4.69, 9.17) is 14.2 Å². The predicted octanol–water partition coefficient (Wildman–Crippen LogP) is 3.73. The molecule has 1 amide bonds. The molecule has 2 heterocycles. The summed E-state index contributed by atoms with van der Waals surface area (Å²) in [7, 11) is 4.66. The Balaban J connectivity index is 2.01. The van der Waals surface area contributed by atoms with E-state index >= 15 is 0 Å². The fraction of sp³-hybridized carbons (Fsp3) is 0.250. The van der Waals surface area contributed by atoms with Crippen LogP contribution in [-0.2, 0) is 4.79 Å². The van der Waals surface area contributed by atoms with Crippen molar-refractivity contribution >= 4 is 34.6 Å². The Bertz CT molecular complexity index is 929. The van der Waals surface area contributed by atoms with Crippen molar-refractivity contribution in [3.8, 4) is 17.2 Å². The van der Waals surface area contributed by atoms with Crippen LogP contribution >= 0.6 is 11.8 Å². The zero-order chi connectivity index (χ0) is 20.1. The maximum absolute atomic E-state index is 12.9. The van der Waals surface area contributed by atoms with Gasteiger partial charge in [0, 0.05) is 18.3 Å². The molecule has 0 bridgehead atoms. The van der Waals surface area contributed by atoms with Crippen molar-refractivity contribution in [2.24, 2.45) is 4.99 Å². The van der Waals surface area contributed by atoms with E-state index in [0.29, 0.717) is 39.6 Å². The number of methoxy groups -OCH3 is 3. The first-order valence-corrected chi connectivity index (χ1v) is 9.43. The SMILES string of the molecule is CCN1C(=O)/C(=C/c2ccc(OC)c(OC)c2OC)SC1=Nc1cccnc1. The number of amides is 1. The first-order chi connectivity index (χ1) is 13.6. The predicted molar refractivity (Wildman–Crippen MR) is 110 cm³/mol. The zero-order valence-electron chi connectivity index (χ0n) is 16.1. The van der Waals surface area contributed by atoms with Crippen LogP contribution in [0.4, 0.5) is 5.69 Å². The number of rotatable bonds is 6. The third-order valence-electron chi connectivity index (χ3n) is 4.10. The number of thioether (sulfide) groups is 1. The van der Waals surface area contributed by atoms with E-state index in [9.17, 15) is 4.79 Å². The number of likely N-dealkylation sites (N-methyl/N-ethyl adjacent to an activating group) is 1. The maximum Gasteiger partial charge on any atom is 0.266 e. The van der Waals surface area contributed by atoms with E-state index in [1.54, 1.807) is 50.8 Å². The van der Waals surface area contributed by atoms with Crippen molar-refractivity contribution in [2.45, 2.75) is 6.92 Å². The first-order valence-electron chi connectivity index (χ1n) is 8.62. The van der Waals surface area contributed by atoms with Gasteiger partial charge in [0.15, 0.2) is 16.7 Å². The molecule has 0 aliphatic carbocycles. The number of carbonyl (C=O) groups is 1. The molecule has 1 saturated heterocycles. The van der Waals surface area contributed by atoms with Crippen LogP contribution in [0.15, 0.2) is 46.6 Å². The molecular formula is C20H21N3O4S. The first kappa shape index (κ1) is 19.8. The maximum atomic E-state index is 12.9. The Kier molecular flexibility index (Phi) is 6.20. The number of hydrogen-bond donors (Lipinski definition) is 0. The Labute approximate surface area is 168 Å². The summed E-state index contributed by atoms with van der Waals surface area (Å²) in [5.41, 5.74) is 1.41. The third-order valence-corrected chi connectivity index (χ3v) is 5.10. The highest BCUT2D eigenvalue weighted by Crippen LogP contribution is 2.42. The molecule has 1 aliphatic heterocycles. The molecule has 28 heavy (non-hydrogen) atoms. The largest absolute Gasteiger partial charge is 0.493 e. The van der Waals surface area contributed by atoms with Crippen molar-refractivity contribution in [3.05, 3.63) is 47.1 Å². The van der Waals surface area contributed by atoms with Gasteiger partial charge >= 0.3 is 0 Å². The molecule has 1 aliphatic rings. The van der Waals surface area contributed by atoms with Crippen LogP contribution in [0.5, 0.6) is 17.2 Å². The summed E-state index contributed by atoms with van der Waals surface area (Å²) in [6.07, 6.45) is 5.12. The van der Waals surface area contributed by atoms with Crippen LogP contribution in [0, 0.1) is 0 Å². The summed E-state index contributed by atoms with van der Waals surface area (Å²) in [4.78, 5) is 23.7. The molecule has 0 atom stereocenters. The summed E-state index contributed by atoms with van der Waals surface area (Å²) >= 11 is 1.32. The van der Waals surface area contributed by atoms with Crippen LogP contribution in [0.25, 0.3) is 6.08 Å². The van der Waals surface area contributed by atoms with Crippen LogP contribution in [0.2, 0.25) is 0 Å². The zero-order valence-corrected chi connectivity index (χ0v) is 16.9. The highest BCUT2D eigenvalue weighted by atomic mass is 32.2. The van der Waals surface area contributed by atoms with E-state index in [2.05, 4.69) is 9.98 Å². The van der Waals surface area contributed by atoms with E-state index < -0.39 is 0 Å². The molecule has 1 fully saturated rings. The number of pyridine rings is 1. The minimum Gasteiger partial charge on any atom is -0.493 e. The smallest absolute Gasteiger partial charge is 0.266 e. The van der Waals surface area contributed by atoms with Gasteiger partial charge in [0.2, 0.25) is 5.75 Å². The molecule has 7 nitrogen and oxygen atoms in total. The molecule has 0 saturated carbocycles. The van der Waals surface area contributed by atoms with Gasteiger partial charge < -0.3 is 14.2 Å². The van der Waals surface area contributed by atoms with Gasteiger partial charge in [-0.3, -0.25) is 14.7 Å². The van der Waals surface area contributed by atoms with E-state index in [-0.39, 0.29) is 5.91 Å². The van der Waals surface area contributed by atoms with Gasteiger partial charge in [-0.2, -0.15) is 0 Å². The van der Waals surface area contributed by atoms with Crippen LogP contribution in [0.3, 0.4) is 0 Å². The second-order valence-electron chi connectivity index (χ2n) is 5.69. The number of aromatic nitrogens is 1. The number of carbonyl (C=O) groups excluding carboxylic acids is 1. The van der Waals surface area contributed by atoms with Crippen LogP contribution < -0.4 is 14.2 Å². The topological polar surface area (TPSA) is 73.2 Å². The molecular weight excluding hydrogens is 378 g/mol. The highest BCUT2D eigenvalue weighted by molar-refractivity contribution is 8.18. The van der Waals surface area contributed by atoms with Gasteiger partial charge in [0.05, 0.1) is 38.1 Å². The number of nitrogens with zero attached hydrogens (tertiary/aromatic N) is 3. The molecule has 0 radical (unpaired) electrons. The molecule has 1 aromatic heterocycles. The quantitative estimate of drug-likeness (QED) is 0.689. The van der Waals surface area contributed by atoms with Crippen LogP contribution in [0.1, 0.15) is 12.5 Å². The summed E-state index contributed by atoms with van der Waals surface area (Å²) in [6, 6.07) is 7.26. The van der Waals surface area contributed by atoms with E-state index in [1.165, 1.54) is 11.8 Å². The molecule has 0 N–H and O–H groups in total. The second-order valence-corrected chi connectivity index (χ2v) is 6.70. The fourth-order valence-corrected chi connectivity index (χ4v) is 3.83. The Morgan fingerprint density at radius 1 is 1.14 bits per heavy atom. The molecule has 8 heteroatoms. The lowest BCUT2D eigenvalue weighted by Crippen LogP contribution is -2.28. The number of amidine groups is 1. The van der Waals surface area contributed by atoms with E-state index in [0.717, 1.165) is 5.56 Å². The fourth-order valence-electron chi connectivity index (χ4n) is 2.78. The van der Waals surface area contributed by atoms with Crippen molar-refractivity contribution in [3.63, 3.8) is 0 Å². The summed E-state index contributed by atoms with van der Waals surface area (Å²) in [6.45, 7) is 2.43. The van der Waals surface area contributed by atoms with Crippen LogP contribution in [-0.4, -0.2) is 48.8 Å². The molecule has 0 spiro atoms. The molecule has 1 aromatic carbocycles. The average Bonchev–Trinajstić information content (AvgIpc) is 3.02. The Morgan fingerprint density at radius 3 is 2.54 bits per heavy atom. The van der Waals surface area contributed by atoms with Gasteiger partial charge in [0.1, 0.15) is 0 Å². The lowest BCUT2D eigenvalue weighted by atomic mass is 10.1. The molecule has 0 unspecified atom stereocenters. The standard InChI is InChI=1S/C20H21N3O4S/c1-5-23-19(24)16(28-20(23)22-14-7-6-10-21-12-14)11-13-8-9-15(25-2)18(27-4)17(13)26-3/h6-12H,5H2,1-4H3/b16-11-,22-20?. The van der Waals surface area contributed by atoms with Gasteiger partial charge in [0.25, 0.3) is 5.91 Å². The third kappa shape index (κ3) is 3.82. The molecule has 2 aromatic rings. The van der Waals surface area contributed by atoms with Crippen molar-refractivity contribution < 1.29 is 19.0 Å². The minimum atomic E-state index is -0.105. The van der Waals surface area contributed by atoms with Gasteiger partial charge in [-0.25, -0.2) is 4.99 Å². The Hall–Kier alpha value is -3.00. The summed E-state index contributed by atoms with van der Waals surface area (Å²) in [5, 5.41) is 0.617. The lowest BCUT2D eigenvalue weighted by molar-refractivity contribution is -0.122.